The zero-order chi connectivity index (χ0) is 9.90. The Labute approximate surface area is 73.2 Å². The van der Waals surface area contributed by atoms with Gasteiger partial charge in [-0.25, -0.2) is 0 Å². The Morgan fingerprint density at radius 3 is 2.31 bits per heavy atom. The van der Waals surface area contributed by atoms with Crippen LogP contribution in [0, 0.1) is 5.92 Å². The molecule has 0 aromatic heterocycles. The van der Waals surface area contributed by atoms with Gasteiger partial charge in [-0.15, -0.1) is 0 Å². The molecule has 13 heavy (non-hydrogen) atoms. The van der Waals surface area contributed by atoms with E-state index in [2.05, 4.69) is 0 Å². The summed E-state index contributed by atoms with van der Waals surface area (Å²) in [6.07, 6.45) is -3.89. The molecule has 1 rings (SSSR count). The fourth-order valence-electron chi connectivity index (χ4n) is 1.20. The fraction of sp³-hybridized carbons (Fsp3) is 0.857. The lowest BCUT2D eigenvalue weighted by atomic mass is 10.00. The summed E-state index contributed by atoms with van der Waals surface area (Å²) in [5.74, 6) is -1.51. The lowest BCUT2D eigenvalue weighted by molar-refractivity contribution is -0.173. The Morgan fingerprint density at radius 2 is 1.85 bits per heavy atom. The first-order chi connectivity index (χ1) is 5.99. The van der Waals surface area contributed by atoms with E-state index in [0.29, 0.717) is 26.1 Å². The van der Waals surface area contributed by atoms with Gasteiger partial charge in [0.25, 0.3) is 0 Å². The van der Waals surface area contributed by atoms with Crippen LogP contribution in [0.25, 0.3) is 0 Å². The van der Waals surface area contributed by atoms with Crippen molar-refractivity contribution in [1.29, 1.82) is 0 Å². The molecule has 0 bridgehead atoms. The highest BCUT2D eigenvalue weighted by atomic mass is 19.4. The molecule has 1 N–H and O–H groups in total. The maximum atomic E-state index is 11.7. The number of rotatable bonds is 1. The van der Waals surface area contributed by atoms with Crippen LogP contribution in [0.4, 0.5) is 13.2 Å². The van der Waals surface area contributed by atoms with E-state index >= 15 is 0 Å². The third kappa shape index (κ3) is 3.63. The first kappa shape index (κ1) is 10.3. The minimum atomic E-state index is -4.62. The molecule has 0 radical (unpaired) electrons. The Balaban J connectivity index is 2.38. The lowest BCUT2D eigenvalue weighted by Crippen LogP contribution is -2.42. The van der Waals surface area contributed by atoms with Gasteiger partial charge in [0.15, 0.2) is 0 Å². The molecule has 0 spiro atoms. The minimum absolute atomic E-state index is 0.357. The Morgan fingerprint density at radius 1 is 1.31 bits per heavy atom. The number of hydrogen-bond acceptors (Lipinski definition) is 2. The second-order valence-electron chi connectivity index (χ2n) is 2.87. The lowest BCUT2D eigenvalue weighted by Gasteiger charge is -2.21. The molecule has 1 heterocycles. The van der Waals surface area contributed by atoms with Crippen molar-refractivity contribution in [2.24, 2.45) is 5.92 Å². The molecule has 76 valence electrons. The highest BCUT2D eigenvalue weighted by Crippen LogP contribution is 2.17. The molecule has 1 saturated heterocycles. The highest BCUT2D eigenvalue weighted by Gasteiger charge is 2.33. The van der Waals surface area contributed by atoms with Crippen molar-refractivity contribution < 1.29 is 22.7 Å². The van der Waals surface area contributed by atoms with Crippen LogP contribution in [0.1, 0.15) is 12.8 Å². The molecule has 1 aliphatic heterocycles. The maximum Gasteiger partial charge on any atom is 0.484 e. The molecule has 0 aromatic rings. The van der Waals surface area contributed by atoms with Crippen LogP contribution in [0.15, 0.2) is 0 Å². The van der Waals surface area contributed by atoms with E-state index in [1.165, 1.54) is 0 Å². The minimum Gasteiger partial charge on any atom is -0.381 e. The van der Waals surface area contributed by atoms with E-state index < -0.39 is 18.1 Å². The summed E-state index contributed by atoms with van der Waals surface area (Å²) in [7, 11) is 0. The summed E-state index contributed by atoms with van der Waals surface area (Å²) in [4.78, 5) is 10.9. The summed E-state index contributed by atoms with van der Waals surface area (Å²) < 4.78 is 40.0. The summed E-state index contributed by atoms with van der Waals surface area (Å²) >= 11 is 0. The summed E-state index contributed by atoms with van der Waals surface area (Å²) in [6.45, 7) is 0.714. The average molecular weight is 197 g/mol. The van der Waals surface area contributed by atoms with Gasteiger partial charge in [-0.1, -0.05) is 0 Å². The van der Waals surface area contributed by atoms with Gasteiger partial charge in [0.2, 0.25) is 5.91 Å². The van der Waals surface area contributed by atoms with Gasteiger partial charge in [0.1, 0.15) is 0 Å². The van der Waals surface area contributed by atoms with Gasteiger partial charge >= 0.3 is 6.30 Å². The van der Waals surface area contributed by atoms with Crippen LogP contribution in [0.3, 0.4) is 0 Å². The number of amides is 1. The molecule has 1 fully saturated rings. The van der Waals surface area contributed by atoms with Crippen molar-refractivity contribution in [3.63, 3.8) is 0 Å². The second-order valence-corrected chi connectivity index (χ2v) is 2.87. The molecule has 0 saturated carbocycles. The molecular weight excluding hydrogens is 187 g/mol. The van der Waals surface area contributed by atoms with Crippen molar-refractivity contribution in [2.45, 2.75) is 19.1 Å². The monoisotopic (exact) mass is 197 g/mol. The van der Waals surface area contributed by atoms with Gasteiger partial charge in [-0.2, -0.15) is 13.2 Å². The van der Waals surface area contributed by atoms with Crippen LogP contribution >= 0.6 is 0 Å². The number of carbonyl (C=O) groups is 1. The molecule has 0 aromatic carbocycles. The highest BCUT2D eigenvalue weighted by molar-refractivity contribution is 5.78. The quantitative estimate of drug-likeness (QED) is 0.638. The average Bonchev–Trinajstić information content (AvgIpc) is 2.03. The molecule has 1 aliphatic rings. The first-order valence-electron chi connectivity index (χ1n) is 3.95. The molecule has 0 atom stereocenters. The maximum absolute atomic E-state index is 11.7. The van der Waals surface area contributed by atoms with Crippen molar-refractivity contribution >= 4 is 5.91 Å². The number of ether oxygens (including phenoxy) is 1. The zero-order valence-corrected chi connectivity index (χ0v) is 6.86. The van der Waals surface area contributed by atoms with E-state index in [1.54, 1.807) is 0 Å². The van der Waals surface area contributed by atoms with E-state index in [-0.39, 0.29) is 0 Å². The normalized spacial score (nSPS) is 19.9. The summed E-state index contributed by atoms with van der Waals surface area (Å²) in [5, 5.41) is 0.994. The Hall–Kier alpha value is -0.780. The van der Waals surface area contributed by atoms with E-state index in [9.17, 15) is 18.0 Å². The largest absolute Gasteiger partial charge is 0.484 e. The van der Waals surface area contributed by atoms with Crippen LogP contribution in [0.2, 0.25) is 0 Å². The van der Waals surface area contributed by atoms with Crippen molar-refractivity contribution in [2.75, 3.05) is 13.2 Å². The number of halogens is 3. The first-order valence-corrected chi connectivity index (χ1v) is 3.95. The number of alkyl halides is 3. The zero-order valence-electron chi connectivity index (χ0n) is 6.86. The SMILES string of the molecule is O=C(NC(F)(F)F)C1CCOCC1. The van der Waals surface area contributed by atoms with Gasteiger partial charge < -0.3 is 4.74 Å². The molecule has 0 aliphatic carbocycles. The third-order valence-electron chi connectivity index (χ3n) is 1.86. The topological polar surface area (TPSA) is 38.3 Å². The summed E-state index contributed by atoms with van der Waals surface area (Å²) in [5.41, 5.74) is 0. The van der Waals surface area contributed by atoms with E-state index in [1.807, 2.05) is 0 Å². The van der Waals surface area contributed by atoms with Gasteiger partial charge in [0.05, 0.1) is 0 Å². The molecular formula is C7H10F3NO2. The van der Waals surface area contributed by atoms with Crippen molar-refractivity contribution in [3.8, 4) is 0 Å². The van der Waals surface area contributed by atoms with Gasteiger partial charge in [-0.3, -0.25) is 10.1 Å². The Bertz CT molecular complexity index is 187. The number of carbonyl (C=O) groups excluding carboxylic acids is 1. The summed E-state index contributed by atoms with van der Waals surface area (Å²) in [6, 6.07) is 0. The van der Waals surface area contributed by atoms with Crippen LogP contribution in [0.5, 0.6) is 0 Å². The van der Waals surface area contributed by atoms with Crippen molar-refractivity contribution in [1.82, 2.24) is 5.32 Å². The van der Waals surface area contributed by atoms with Crippen LogP contribution in [-0.2, 0) is 9.53 Å². The van der Waals surface area contributed by atoms with E-state index in [0.717, 1.165) is 5.32 Å². The van der Waals surface area contributed by atoms with Crippen molar-refractivity contribution in [3.05, 3.63) is 0 Å². The predicted molar refractivity (Wildman–Crippen MR) is 37.7 cm³/mol. The molecule has 1 amide bonds. The smallest absolute Gasteiger partial charge is 0.381 e. The second kappa shape index (κ2) is 3.95. The number of nitrogens with one attached hydrogen (secondary N) is 1. The molecule has 6 heteroatoms. The fourth-order valence-corrected chi connectivity index (χ4v) is 1.20. The Kier molecular flexibility index (Phi) is 3.13. The van der Waals surface area contributed by atoms with E-state index in [4.69, 9.17) is 4.74 Å². The van der Waals surface area contributed by atoms with Crippen LogP contribution in [-0.4, -0.2) is 25.4 Å². The third-order valence-corrected chi connectivity index (χ3v) is 1.86. The van der Waals surface area contributed by atoms with Gasteiger partial charge in [-0.05, 0) is 12.8 Å². The standard InChI is InChI=1S/C7H10F3NO2/c8-7(9,10)11-6(12)5-1-3-13-4-2-5/h5H,1-4H2,(H,11,12). The molecule has 3 nitrogen and oxygen atoms in total. The van der Waals surface area contributed by atoms with Crippen LogP contribution < -0.4 is 5.32 Å². The molecule has 0 unspecified atom stereocenters. The number of hydrogen-bond donors (Lipinski definition) is 1. The predicted octanol–water partition coefficient (Wildman–Crippen LogP) is 1.05. The van der Waals surface area contributed by atoms with Gasteiger partial charge in [0, 0.05) is 19.1 Å².